The largest absolute Gasteiger partial charge is 0.394 e. The Balaban J connectivity index is 1.82. The van der Waals surface area contributed by atoms with Gasteiger partial charge in [0.1, 0.15) is 15.7 Å². The first-order valence-electron chi connectivity index (χ1n) is 7.34. The third-order valence-corrected chi connectivity index (χ3v) is 4.81. The van der Waals surface area contributed by atoms with Crippen molar-refractivity contribution in [2.24, 2.45) is 0 Å². The van der Waals surface area contributed by atoms with Gasteiger partial charge in [-0.3, -0.25) is 4.79 Å². The number of hydrogen-bond acceptors (Lipinski definition) is 5. The Morgan fingerprint density at radius 1 is 1.52 bits per heavy atom. The van der Waals surface area contributed by atoms with Crippen molar-refractivity contribution in [3.63, 3.8) is 0 Å². The van der Waals surface area contributed by atoms with Crippen molar-refractivity contribution in [2.45, 2.75) is 19.1 Å². The molecule has 0 aliphatic carbocycles. The van der Waals surface area contributed by atoms with E-state index < -0.39 is 0 Å². The Hall–Kier alpha value is -1.83. The van der Waals surface area contributed by atoms with E-state index in [1.807, 2.05) is 6.92 Å². The number of aromatic nitrogens is 1. The number of aliphatic hydroxyl groups excluding tert-OH is 1. The van der Waals surface area contributed by atoms with Gasteiger partial charge in [0.2, 0.25) is 0 Å². The second kappa shape index (κ2) is 6.74. The maximum Gasteiger partial charge on any atom is 0.266 e. The van der Waals surface area contributed by atoms with Crippen LogP contribution in [0.4, 0.5) is 4.39 Å². The number of ether oxygens (including phenoxy) is 1. The van der Waals surface area contributed by atoms with Crippen LogP contribution in [0.1, 0.15) is 16.6 Å². The first kappa shape index (κ1) is 16.0. The van der Waals surface area contributed by atoms with Gasteiger partial charge in [0, 0.05) is 12.1 Å². The summed E-state index contributed by atoms with van der Waals surface area (Å²) in [4.78, 5) is 19.0. The molecule has 7 heteroatoms. The van der Waals surface area contributed by atoms with Crippen molar-refractivity contribution >= 4 is 17.2 Å². The maximum absolute atomic E-state index is 13.8. The SMILES string of the molecule is CC1COC(CO)CN1C(=O)c1cnc(-c2ccccc2F)s1. The monoisotopic (exact) mass is 336 g/mol. The van der Waals surface area contributed by atoms with Gasteiger partial charge < -0.3 is 14.7 Å². The van der Waals surface area contributed by atoms with E-state index in [1.165, 1.54) is 23.6 Å². The molecule has 1 aliphatic heterocycles. The van der Waals surface area contributed by atoms with E-state index in [1.54, 1.807) is 23.1 Å². The van der Waals surface area contributed by atoms with Crippen molar-refractivity contribution in [2.75, 3.05) is 19.8 Å². The van der Waals surface area contributed by atoms with Crippen molar-refractivity contribution < 1.29 is 19.0 Å². The van der Waals surface area contributed by atoms with Crippen LogP contribution >= 0.6 is 11.3 Å². The summed E-state index contributed by atoms with van der Waals surface area (Å²) in [6, 6.07) is 6.28. The van der Waals surface area contributed by atoms with E-state index in [0.29, 0.717) is 28.6 Å². The van der Waals surface area contributed by atoms with Crippen LogP contribution in [0, 0.1) is 5.82 Å². The number of hydrogen-bond donors (Lipinski definition) is 1. The molecule has 0 spiro atoms. The Morgan fingerprint density at radius 3 is 3.04 bits per heavy atom. The molecule has 0 saturated carbocycles. The molecule has 1 amide bonds. The summed E-state index contributed by atoms with van der Waals surface area (Å²) >= 11 is 1.17. The van der Waals surface area contributed by atoms with Crippen molar-refractivity contribution in [1.29, 1.82) is 0 Å². The van der Waals surface area contributed by atoms with Crippen LogP contribution in [0.15, 0.2) is 30.5 Å². The van der Waals surface area contributed by atoms with Gasteiger partial charge in [0.15, 0.2) is 0 Å². The lowest BCUT2D eigenvalue weighted by Gasteiger charge is -2.37. The Bertz CT molecular complexity index is 706. The van der Waals surface area contributed by atoms with E-state index >= 15 is 0 Å². The van der Waals surface area contributed by atoms with Gasteiger partial charge in [-0.25, -0.2) is 9.37 Å². The van der Waals surface area contributed by atoms with Gasteiger partial charge in [-0.1, -0.05) is 12.1 Å². The summed E-state index contributed by atoms with van der Waals surface area (Å²) in [5.41, 5.74) is 0.389. The molecule has 23 heavy (non-hydrogen) atoms. The summed E-state index contributed by atoms with van der Waals surface area (Å²) < 4.78 is 19.3. The molecule has 5 nitrogen and oxygen atoms in total. The first-order chi connectivity index (χ1) is 11.1. The lowest BCUT2D eigenvalue weighted by atomic mass is 10.2. The third-order valence-electron chi connectivity index (χ3n) is 3.79. The predicted molar refractivity (Wildman–Crippen MR) is 84.8 cm³/mol. The van der Waals surface area contributed by atoms with Crippen LogP contribution in [-0.2, 0) is 4.74 Å². The zero-order valence-electron chi connectivity index (χ0n) is 12.6. The van der Waals surface area contributed by atoms with Crippen molar-refractivity contribution in [3.05, 3.63) is 41.2 Å². The molecule has 0 radical (unpaired) electrons. The molecule has 3 rings (SSSR count). The molecule has 0 bridgehead atoms. The number of thiazole rings is 1. The number of aliphatic hydroxyl groups is 1. The molecule has 1 aliphatic rings. The van der Waals surface area contributed by atoms with E-state index in [4.69, 9.17) is 4.74 Å². The molecule has 2 atom stereocenters. The molecule has 1 N–H and O–H groups in total. The van der Waals surface area contributed by atoms with Gasteiger partial charge in [0.25, 0.3) is 5.91 Å². The zero-order chi connectivity index (χ0) is 16.4. The fourth-order valence-electron chi connectivity index (χ4n) is 2.48. The summed E-state index contributed by atoms with van der Waals surface area (Å²) in [7, 11) is 0. The zero-order valence-corrected chi connectivity index (χ0v) is 13.4. The van der Waals surface area contributed by atoms with Crippen LogP contribution in [0.25, 0.3) is 10.6 Å². The fraction of sp³-hybridized carbons (Fsp3) is 0.375. The highest BCUT2D eigenvalue weighted by Crippen LogP contribution is 2.28. The molecule has 1 saturated heterocycles. The fourth-order valence-corrected chi connectivity index (χ4v) is 3.38. The van der Waals surface area contributed by atoms with Gasteiger partial charge in [0.05, 0.1) is 31.6 Å². The topological polar surface area (TPSA) is 62.7 Å². The summed E-state index contributed by atoms with van der Waals surface area (Å²) in [6.45, 7) is 2.49. The summed E-state index contributed by atoms with van der Waals surface area (Å²) in [5.74, 6) is -0.528. The van der Waals surface area contributed by atoms with E-state index in [0.717, 1.165) is 0 Å². The minimum Gasteiger partial charge on any atom is -0.394 e. The molecule has 1 fully saturated rings. The summed E-state index contributed by atoms with van der Waals surface area (Å²) in [6.07, 6.45) is 1.11. The van der Waals surface area contributed by atoms with E-state index in [2.05, 4.69) is 4.98 Å². The number of nitrogens with zero attached hydrogens (tertiary/aromatic N) is 2. The third kappa shape index (κ3) is 3.26. The van der Waals surface area contributed by atoms with Crippen molar-refractivity contribution in [1.82, 2.24) is 9.88 Å². The maximum atomic E-state index is 13.8. The summed E-state index contributed by atoms with van der Waals surface area (Å²) in [5, 5.41) is 9.69. The molecule has 1 aromatic heterocycles. The van der Waals surface area contributed by atoms with Gasteiger partial charge in [-0.15, -0.1) is 11.3 Å². The smallest absolute Gasteiger partial charge is 0.266 e. The minimum atomic E-state index is -0.367. The molecular weight excluding hydrogens is 319 g/mol. The highest BCUT2D eigenvalue weighted by Gasteiger charge is 2.31. The quantitative estimate of drug-likeness (QED) is 0.933. The number of carbonyl (C=O) groups is 1. The molecule has 2 unspecified atom stereocenters. The molecule has 2 aromatic rings. The highest BCUT2D eigenvalue weighted by atomic mass is 32.1. The molecule has 122 valence electrons. The Labute approximate surface area is 137 Å². The van der Waals surface area contributed by atoms with Gasteiger partial charge >= 0.3 is 0 Å². The average molecular weight is 336 g/mol. The highest BCUT2D eigenvalue weighted by molar-refractivity contribution is 7.16. The van der Waals surface area contributed by atoms with Gasteiger partial charge in [-0.05, 0) is 19.1 Å². The van der Waals surface area contributed by atoms with Crippen LogP contribution < -0.4 is 0 Å². The standard InChI is InChI=1S/C16H17FN2O3S/c1-10-9-22-11(8-20)7-19(10)16(21)14-6-18-15(23-14)12-4-2-3-5-13(12)17/h2-6,10-11,20H,7-9H2,1H3. The van der Waals surface area contributed by atoms with Crippen LogP contribution in [0.5, 0.6) is 0 Å². The number of rotatable bonds is 3. The number of carbonyl (C=O) groups excluding carboxylic acids is 1. The molecule has 1 aromatic carbocycles. The number of halogens is 1. The normalized spacial score (nSPS) is 21.4. The number of benzene rings is 1. The lowest BCUT2D eigenvalue weighted by molar-refractivity contribution is -0.0666. The lowest BCUT2D eigenvalue weighted by Crippen LogP contribution is -2.51. The number of amides is 1. The Kier molecular flexibility index (Phi) is 4.70. The minimum absolute atomic E-state index is 0.0793. The molecular formula is C16H17FN2O3S. The van der Waals surface area contributed by atoms with E-state index in [9.17, 15) is 14.3 Å². The number of morpholine rings is 1. The second-order valence-electron chi connectivity index (χ2n) is 5.45. The van der Waals surface area contributed by atoms with Crippen LogP contribution in [0.2, 0.25) is 0 Å². The van der Waals surface area contributed by atoms with Crippen LogP contribution in [-0.4, -0.2) is 52.8 Å². The first-order valence-corrected chi connectivity index (χ1v) is 8.16. The Morgan fingerprint density at radius 2 is 2.30 bits per heavy atom. The van der Waals surface area contributed by atoms with Crippen LogP contribution in [0.3, 0.4) is 0 Å². The second-order valence-corrected chi connectivity index (χ2v) is 6.48. The average Bonchev–Trinajstić information content (AvgIpc) is 3.05. The van der Waals surface area contributed by atoms with E-state index in [-0.39, 0.29) is 30.5 Å². The van der Waals surface area contributed by atoms with Crippen molar-refractivity contribution in [3.8, 4) is 10.6 Å². The van der Waals surface area contributed by atoms with Gasteiger partial charge in [-0.2, -0.15) is 0 Å². The molecule has 2 heterocycles. The predicted octanol–water partition coefficient (Wildman–Crippen LogP) is 2.17.